The molecule has 1 saturated heterocycles. The van der Waals surface area contributed by atoms with Crippen LogP contribution in [0.3, 0.4) is 0 Å². The lowest BCUT2D eigenvalue weighted by atomic mass is 10.0. The van der Waals surface area contributed by atoms with E-state index in [0.29, 0.717) is 15.7 Å². The van der Waals surface area contributed by atoms with E-state index in [1.807, 2.05) is 36.4 Å². The van der Waals surface area contributed by atoms with E-state index in [1.165, 1.54) is 4.90 Å². The van der Waals surface area contributed by atoms with Gasteiger partial charge in [-0.1, -0.05) is 60.0 Å². The lowest BCUT2D eigenvalue weighted by Gasteiger charge is -2.13. The third-order valence-corrected chi connectivity index (χ3v) is 5.80. The molecule has 0 unspecified atom stereocenters. The molecule has 3 aromatic carbocycles. The van der Waals surface area contributed by atoms with Crippen LogP contribution in [0.2, 0.25) is 5.02 Å². The summed E-state index contributed by atoms with van der Waals surface area (Å²) in [5.41, 5.74) is 1.55. The fourth-order valence-corrected chi connectivity index (χ4v) is 4.16. The molecule has 30 heavy (non-hydrogen) atoms. The molecule has 0 N–H and O–H groups in total. The molecule has 0 radical (unpaired) electrons. The quantitative estimate of drug-likeness (QED) is 0.380. The molecule has 1 fully saturated rings. The molecule has 1 aliphatic heterocycles. The SMILES string of the molecule is C#CCOc1ccc2ccccc2c1/C=C1/SC(=O)N(Cc2ccc(Cl)cc2)C1=O. The Kier molecular flexibility index (Phi) is 5.80. The molecule has 0 spiro atoms. The van der Waals surface area contributed by atoms with Crippen LogP contribution in [-0.4, -0.2) is 22.7 Å². The molecule has 4 nitrogen and oxygen atoms in total. The Morgan fingerprint density at radius 1 is 1.07 bits per heavy atom. The molecule has 0 aliphatic carbocycles. The summed E-state index contributed by atoms with van der Waals surface area (Å²) in [6.45, 7) is 0.298. The fourth-order valence-electron chi connectivity index (χ4n) is 3.21. The summed E-state index contributed by atoms with van der Waals surface area (Å²) in [5.74, 6) is 2.68. The maximum Gasteiger partial charge on any atom is 0.293 e. The van der Waals surface area contributed by atoms with Crippen LogP contribution in [0.15, 0.2) is 65.6 Å². The highest BCUT2D eigenvalue weighted by atomic mass is 35.5. The number of halogens is 1. The monoisotopic (exact) mass is 433 g/mol. The average Bonchev–Trinajstić information content (AvgIpc) is 3.02. The molecule has 0 atom stereocenters. The second-order valence-corrected chi connectivity index (χ2v) is 8.02. The molecule has 0 bridgehead atoms. The van der Waals surface area contributed by atoms with Crippen LogP contribution in [0.5, 0.6) is 5.75 Å². The third kappa shape index (κ3) is 4.06. The first-order chi connectivity index (χ1) is 14.6. The van der Waals surface area contributed by atoms with Crippen molar-refractivity contribution >= 4 is 51.4 Å². The number of thioether (sulfide) groups is 1. The van der Waals surface area contributed by atoms with Gasteiger partial charge in [-0.15, -0.1) is 6.42 Å². The van der Waals surface area contributed by atoms with Gasteiger partial charge in [-0.05, 0) is 52.4 Å². The Bertz CT molecular complexity index is 1210. The Hall–Kier alpha value is -3.20. The highest BCUT2D eigenvalue weighted by Crippen LogP contribution is 2.37. The van der Waals surface area contributed by atoms with E-state index in [-0.39, 0.29) is 24.3 Å². The lowest BCUT2D eigenvalue weighted by Crippen LogP contribution is -2.27. The number of hydrogen-bond donors (Lipinski definition) is 0. The summed E-state index contributed by atoms with van der Waals surface area (Å²) in [7, 11) is 0. The van der Waals surface area contributed by atoms with E-state index in [4.69, 9.17) is 22.8 Å². The Balaban J connectivity index is 1.70. The first-order valence-electron chi connectivity index (χ1n) is 9.14. The molecular weight excluding hydrogens is 418 g/mol. The minimum absolute atomic E-state index is 0.108. The molecule has 1 aliphatic rings. The van der Waals surface area contributed by atoms with Crippen LogP contribution in [-0.2, 0) is 11.3 Å². The van der Waals surface area contributed by atoms with Crippen LogP contribution >= 0.6 is 23.4 Å². The molecule has 148 valence electrons. The highest BCUT2D eigenvalue weighted by molar-refractivity contribution is 8.18. The zero-order chi connectivity index (χ0) is 21.1. The molecular formula is C24H16ClNO3S. The van der Waals surface area contributed by atoms with Crippen LogP contribution in [0.25, 0.3) is 16.8 Å². The summed E-state index contributed by atoms with van der Waals surface area (Å²) >= 11 is 6.83. The fraction of sp³-hybridized carbons (Fsp3) is 0.0833. The minimum atomic E-state index is -0.337. The maximum atomic E-state index is 13.0. The number of terminal acetylenes is 1. The third-order valence-electron chi connectivity index (χ3n) is 4.64. The molecule has 1 heterocycles. The average molecular weight is 434 g/mol. The summed E-state index contributed by atoms with van der Waals surface area (Å²) in [5, 5.41) is 2.20. The first kappa shape index (κ1) is 20.1. The van der Waals surface area contributed by atoms with Crippen LogP contribution in [0.1, 0.15) is 11.1 Å². The van der Waals surface area contributed by atoms with Gasteiger partial charge in [0.2, 0.25) is 0 Å². The Morgan fingerprint density at radius 3 is 2.60 bits per heavy atom. The van der Waals surface area contributed by atoms with E-state index in [9.17, 15) is 9.59 Å². The van der Waals surface area contributed by atoms with Gasteiger partial charge in [0.1, 0.15) is 12.4 Å². The number of carbonyl (C=O) groups is 2. The van der Waals surface area contributed by atoms with Crippen LogP contribution < -0.4 is 4.74 Å². The minimum Gasteiger partial charge on any atom is -0.480 e. The standard InChI is InChI=1S/C24H16ClNO3S/c1-2-13-29-21-12-9-17-5-3-4-6-19(17)20(21)14-22-23(27)26(24(28)30-22)15-16-7-10-18(25)11-8-16/h1,3-12,14H,13,15H2/b22-14+. The predicted molar refractivity (Wildman–Crippen MR) is 121 cm³/mol. The summed E-state index contributed by atoms with van der Waals surface area (Å²) in [6, 6.07) is 18.6. The zero-order valence-electron chi connectivity index (χ0n) is 15.8. The van der Waals surface area contributed by atoms with Gasteiger partial charge < -0.3 is 4.74 Å². The molecule has 2 amide bonds. The van der Waals surface area contributed by atoms with E-state index < -0.39 is 0 Å². The van der Waals surface area contributed by atoms with Gasteiger partial charge in [0, 0.05) is 10.6 Å². The van der Waals surface area contributed by atoms with Gasteiger partial charge in [-0.25, -0.2) is 0 Å². The van der Waals surface area contributed by atoms with Crippen molar-refractivity contribution in [3.63, 3.8) is 0 Å². The summed E-state index contributed by atoms with van der Waals surface area (Å²) < 4.78 is 5.69. The van der Waals surface area contributed by atoms with Crippen molar-refractivity contribution in [1.82, 2.24) is 4.90 Å². The van der Waals surface area contributed by atoms with Gasteiger partial charge in [0.15, 0.2) is 0 Å². The Morgan fingerprint density at radius 2 is 1.83 bits per heavy atom. The number of hydrogen-bond acceptors (Lipinski definition) is 4. The van der Waals surface area contributed by atoms with Crippen molar-refractivity contribution in [3.05, 3.63) is 81.7 Å². The molecule has 0 aromatic heterocycles. The highest BCUT2D eigenvalue weighted by Gasteiger charge is 2.35. The largest absolute Gasteiger partial charge is 0.480 e. The summed E-state index contributed by atoms with van der Waals surface area (Å²) in [6.07, 6.45) is 7.04. The second-order valence-electron chi connectivity index (χ2n) is 6.59. The van der Waals surface area contributed by atoms with Crippen molar-refractivity contribution in [1.29, 1.82) is 0 Å². The zero-order valence-corrected chi connectivity index (χ0v) is 17.4. The number of carbonyl (C=O) groups excluding carboxylic acids is 2. The molecule has 0 saturated carbocycles. The topological polar surface area (TPSA) is 46.6 Å². The second kappa shape index (κ2) is 8.66. The number of imide groups is 1. The van der Waals surface area contributed by atoms with Crippen molar-refractivity contribution in [3.8, 4) is 18.1 Å². The van der Waals surface area contributed by atoms with Crippen LogP contribution in [0.4, 0.5) is 4.79 Å². The Labute approximate surface area is 183 Å². The lowest BCUT2D eigenvalue weighted by molar-refractivity contribution is -0.123. The van der Waals surface area contributed by atoms with E-state index >= 15 is 0 Å². The van der Waals surface area contributed by atoms with E-state index in [2.05, 4.69) is 5.92 Å². The molecule has 4 rings (SSSR count). The van der Waals surface area contributed by atoms with Gasteiger partial charge in [0.25, 0.3) is 11.1 Å². The van der Waals surface area contributed by atoms with E-state index in [0.717, 1.165) is 33.7 Å². The number of amides is 2. The summed E-state index contributed by atoms with van der Waals surface area (Å²) in [4.78, 5) is 27.1. The van der Waals surface area contributed by atoms with Crippen molar-refractivity contribution in [2.45, 2.75) is 6.54 Å². The number of ether oxygens (including phenoxy) is 1. The van der Waals surface area contributed by atoms with Gasteiger partial charge in [0.05, 0.1) is 11.4 Å². The molecule has 6 heteroatoms. The van der Waals surface area contributed by atoms with Crippen LogP contribution in [0, 0.1) is 12.3 Å². The maximum absolute atomic E-state index is 13.0. The van der Waals surface area contributed by atoms with E-state index in [1.54, 1.807) is 30.3 Å². The number of benzene rings is 3. The van der Waals surface area contributed by atoms with Crippen molar-refractivity contribution in [2.75, 3.05) is 6.61 Å². The smallest absolute Gasteiger partial charge is 0.293 e. The van der Waals surface area contributed by atoms with Gasteiger partial charge in [-0.3, -0.25) is 14.5 Å². The number of rotatable bonds is 5. The molecule has 3 aromatic rings. The van der Waals surface area contributed by atoms with Crippen molar-refractivity contribution < 1.29 is 14.3 Å². The first-order valence-corrected chi connectivity index (χ1v) is 10.3. The van der Waals surface area contributed by atoms with Gasteiger partial charge in [-0.2, -0.15) is 0 Å². The number of fused-ring (bicyclic) bond motifs is 1. The predicted octanol–water partition coefficient (Wildman–Crippen LogP) is 5.74. The normalized spacial score (nSPS) is 15.1. The number of nitrogens with zero attached hydrogens (tertiary/aromatic N) is 1. The van der Waals surface area contributed by atoms with Gasteiger partial charge >= 0.3 is 0 Å². The van der Waals surface area contributed by atoms with Crippen molar-refractivity contribution in [2.24, 2.45) is 0 Å².